The third-order valence-electron chi connectivity index (χ3n) is 3.22. The molecule has 0 saturated carbocycles. The van der Waals surface area contributed by atoms with Crippen LogP contribution in [0.15, 0.2) is 24.3 Å². The fourth-order valence-corrected chi connectivity index (χ4v) is 1.85. The maximum Gasteiger partial charge on any atom is 0.222 e. The number of hydrogen-bond donors (Lipinski definition) is 1. The zero-order valence-corrected chi connectivity index (χ0v) is 11.6. The van der Waals surface area contributed by atoms with Gasteiger partial charge in [-0.2, -0.15) is 0 Å². The minimum Gasteiger partial charge on any atom is -0.345 e. The first-order valence-electron chi connectivity index (χ1n) is 6.54. The Kier molecular flexibility index (Phi) is 5.86. The quantitative estimate of drug-likeness (QED) is 0.838. The van der Waals surface area contributed by atoms with E-state index in [0.29, 0.717) is 6.42 Å². The van der Waals surface area contributed by atoms with Crippen LogP contribution in [0.4, 0.5) is 0 Å². The van der Waals surface area contributed by atoms with E-state index in [1.165, 1.54) is 11.1 Å². The standard InChI is InChI=1S/C15H24N2O/c1-12-6-4-5-7-14(12)10-11-17(3)15(18)9-8-13(2)16/h4-7,13H,8-11,16H2,1-3H3. The van der Waals surface area contributed by atoms with Gasteiger partial charge in [0.1, 0.15) is 0 Å². The molecule has 18 heavy (non-hydrogen) atoms. The lowest BCUT2D eigenvalue weighted by molar-refractivity contribution is -0.130. The van der Waals surface area contributed by atoms with Crippen LogP contribution in [-0.2, 0) is 11.2 Å². The minimum atomic E-state index is 0.0960. The maximum atomic E-state index is 11.8. The second-order valence-electron chi connectivity index (χ2n) is 5.01. The van der Waals surface area contributed by atoms with E-state index in [2.05, 4.69) is 19.1 Å². The molecular formula is C15H24N2O. The second kappa shape index (κ2) is 7.17. The second-order valence-corrected chi connectivity index (χ2v) is 5.01. The number of rotatable bonds is 6. The molecule has 0 heterocycles. The van der Waals surface area contributed by atoms with Crippen molar-refractivity contribution in [2.75, 3.05) is 13.6 Å². The van der Waals surface area contributed by atoms with Crippen molar-refractivity contribution in [3.05, 3.63) is 35.4 Å². The Bertz CT molecular complexity index is 388. The van der Waals surface area contributed by atoms with Gasteiger partial charge in [0.15, 0.2) is 0 Å². The molecule has 0 bridgehead atoms. The smallest absolute Gasteiger partial charge is 0.222 e. The molecule has 0 spiro atoms. The van der Waals surface area contributed by atoms with Gasteiger partial charge in [-0.05, 0) is 37.8 Å². The molecule has 0 aromatic heterocycles. The van der Waals surface area contributed by atoms with Crippen LogP contribution in [-0.4, -0.2) is 30.4 Å². The van der Waals surface area contributed by atoms with Crippen molar-refractivity contribution >= 4 is 5.91 Å². The molecule has 0 saturated heterocycles. The fraction of sp³-hybridized carbons (Fsp3) is 0.533. The third-order valence-corrected chi connectivity index (χ3v) is 3.22. The van der Waals surface area contributed by atoms with E-state index in [1.807, 2.05) is 26.1 Å². The van der Waals surface area contributed by atoms with Crippen molar-refractivity contribution < 1.29 is 4.79 Å². The first kappa shape index (κ1) is 14.7. The molecule has 0 aliphatic rings. The summed E-state index contributed by atoms with van der Waals surface area (Å²) >= 11 is 0. The van der Waals surface area contributed by atoms with Gasteiger partial charge in [0.25, 0.3) is 0 Å². The van der Waals surface area contributed by atoms with Gasteiger partial charge in [0.2, 0.25) is 5.91 Å². The molecule has 0 radical (unpaired) electrons. The summed E-state index contributed by atoms with van der Waals surface area (Å²) < 4.78 is 0. The summed E-state index contributed by atoms with van der Waals surface area (Å²) in [5, 5.41) is 0. The Hall–Kier alpha value is -1.35. The van der Waals surface area contributed by atoms with E-state index >= 15 is 0 Å². The Balaban J connectivity index is 2.39. The lowest BCUT2D eigenvalue weighted by Crippen LogP contribution is -2.30. The summed E-state index contributed by atoms with van der Waals surface area (Å²) in [6.45, 7) is 4.80. The number of benzene rings is 1. The highest BCUT2D eigenvalue weighted by molar-refractivity contribution is 5.75. The van der Waals surface area contributed by atoms with Gasteiger partial charge in [-0.3, -0.25) is 4.79 Å². The van der Waals surface area contributed by atoms with Crippen molar-refractivity contribution in [1.29, 1.82) is 0 Å². The number of nitrogens with two attached hydrogens (primary N) is 1. The van der Waals surface area contributed by atoms with Crippen LogP contribution < -0.4 is 5.73 Å². The van der Waals surface area contributed by atoms with E-state index in [-0.39, 0.29) is 11.9 Å². The zero-order chi connectivity index (χ0) is 13.5. The molecule has 100 valence electrons. The molecule has 3 nitrogen and oxygen atoms in total. The molecule has 1 unspecified atom stereocenters. The number of carbonyl (C=O) groups excluding carboxylic acids is 1. The number of amides is 1. The molecule has 0 aliphatic heterocycles. The molecule has 1 atom stereocenters. The Morgan fingerprint density at radius 2 is 2.06 bits per heavy atom. The van der Waals surface area contributed by atoms with E-state index in [4.69, 9.17) is 5.73 Å². The van der Waals surface area contributed by atoms with Crippen molar-refractivity contribution in [3.8, 4) is 0 Å². The van der Waals surface area contributed by atoms with Gasteiger partial charge < -0.3 is 10.6 Å². The predicted molar refractivity (Wildman–Crippen MR) is 75.4 cm³/mol. The van der Waals surface area contributed by atoms with Gasteiger partial charge in [0, 0.05) is 26.1 Å². The fourth-order valence-electron chi connectivity index (χ4n) is 1.85. The van der Waals surface area contributed by atoms with Crippen LogP contribution in [0.25, 0.3) is 0 Å². The summed E-state index contributed by atoms with van der Waals surface area (Å²) in [6, 6.07) is 8.40. The van der Waals surface area contributed by atoms with Crippen molar-refractivity contribution in [2.45, 2.75) is 39.2 Å². The van der Waals surface area contributed by atoms with Crippen LogP contribution in [0.5, 0.6) is 0 Å². The molecule has 1 aromatic carbocycles. The van der Waals surface area contributed by atoms with Gasteiger partial charge in [-0.25, -0.2) is 0 Å². The van der Waals surface area contributed by atoms with Crippen LogP contribution in [0.3, 0.4) is 0 Å². The summed E-state index contributed by atoms with van der Waals surface area (Å²) in [5.41, 5.74) is 8.25. The number of nitrogens with zero attached hydrogens (tertiary/aromatic N) is 1. The molecule has 2 N–H and O–H groups in total. The molecule has 1 rings (SSSR count). The summed E-state index contributed by atoms with van der Waals surface area (Å²) in [5.74, 6) is 0.181. The largest absolute Gasteiger partial charge is 0.345 e. The average molecular weight is 248 g/mol. The topological polar surface area (TPSA) is 46.3 Å². The number of hydrogen-bond acceptors (Lipinski definition) is 2. The zero-order valence-electron chi connectivity index (χ0n) is 11.6. The highest BCUT2D eigenvalue weighted by Gasteiger charge is 2.09. The van der Waals surface area contributed by atoms with Crippen molar-refractivity contribution in [2.24, 2.45) is 5.73 Å². The predicted octanol–water partition coefficient (Wildman–Crippen LogP) is 2.12. The third kappa shape index (κ3) is 4.88. The molecule has 0 fully saturated rings. The molecule has 0 aliphatic carbocycles. The molecular weight excluding hydrogens is 224 g/mol. The van der Waals surface area contributed by atoms with Gasteiger partial charge in [-0.1, -0.05) is 24.3 Å². The van der Waals surface area contributed by atoms with Crippen LogP contribution in [0.1, 0.15) is 30.9 Å². The van der Waals surface area contributed by atoms with Gasteiger partial charge >= 0.3 is 0 Å². The van der Waals surface area contributed by atoms with Crippen LogP contribution in [0.2, 0.25) is 0 Å². The molecule has 1 amide bonds. The van der Waals surface area contributed by atoms with Crippen molar-refractivity contribution in [3.63, 3.8) is 0 Å². The normalized spacial score (nSPS) is 12.2. The van der Waals surface area contributed by atoms with Crippen molar-refractivity contribution in [1.82, 2.24) is 4.90 Å². The Labute approximate surface area is 110 Å². The minimum absolute atomic E-state index is 0.0960. The highest BCUT2D eigenvalue weighted by Crippen LogP contribution is 2.08. The van der Waals surface area contributed by atoms with E-state index < -0.39 is 0 Å². The Morgan fingerprint density at radius 3 is 2.67 bits per heavy atom. The van der Waals surface area contributed by atoms with Crippen LogP contribution in [0, 0.1) is 6.92 Å². The number of aryl methyl sites for hydroxylation is 1. The first-order chi connectivity index (χ1) is 8.50. The lowest BCUT2D eigenvalue weighted by Gasteiger charge is -2.18. The molecule has 3 heteroatoms. The van der Waals surface area contributed by atoms with E-state index in [0.717, 1.165) is 19.4 Å². The van der Waals surface area contributed by atoms with Gasteiger partial charge in [-0.15, -0.1) is 0 Å². The summed E-state index contributed by atoms with van der Waals surface area (Å²) in [4.78, 5) is 13.6. The molecule has 1 aromatic rings. The Morgan fingerprint density at radius 1 is 1.39 bits per heavy atom. The van der Waals surface area contributed by atoms with E-state index in [9.17, 15) is 4.79 Å². The highest BCUT2D eigenvalue weighted by atomic mass is 16.2. The van der Waals surface area contributed by atoms with Gasteiger partial charge in [0.05, 0.1) is 0 Å². The number of likely N-dealkylation sites (N-methyl/N-ethyl adjacent to an activating group) is 1. The summed E-state index contributed by atoms with van der Waals surface area (Å²) in [7, 11) is 1.86. The SMILES string of the molecule is Cc1ccccc1CCN(C)C(=O)CCC(C)N. The number of carbonyl (C=O) groups is 1. The monoisotopic (exact) mass is 248 g/mol. The van der Waals surface area contributed by atoms with Crippen LogP contribution >= 0.6 is 0 Å². The average Bonchev–Trinajstić information content (AvgIpc) is 2.34. The van der Waals surface area contributed by atoms with E-state index in [1.54, 1.807) is 4.90 Å². The maximum absolute atomic E-state index is 11.8. The summed E-state index contributed by atoms with van der Waals surface area (Å²) in [6.07, 6.45) is 2.21. The first-order valence-corrected chi connectivity index (χ1v) is 6.54. The lowest BCUT2D eigenvalue weighted by atomic mass is 10.1.